The van der Waals surface area contributed by atoms with Crippen molar-refractivity contribution in [3.8, 4) is 0 Å². The van der Waals surface area contributed by atoms with E-state index in [2.05, 4.69) is 0 Å². The first kappa shape index (κ1) is 17.6. The van der Waals surface area contributed by atoms with Crippen LogP contribution in [-0.4, -0.2) is 17.5 Å². The number of nitrogens with zero attached hydrogens (tertiary/aromatic N) is 1. The van der Waals surface area contributed by atoms with Gasteiger partial charge in [0.15, 0.2) is 0 Å². The van der Waals surface area contributed by atoms with E-state index in [4.69, 9.17) is 22.1 Å². The molecule has 1 aromatic rings. The molecule has 19 heavy (non-hydrogen) atoms. The van der Waals surface area contributed by atoms with Crippen LogP contribution in [0.3, 0.4) is 0 Å². The maximum Gasteiger partial charge on any atom is 0.307 e. The maximum atomic E-state index is 11.3. The fourth-order valence-corrected chi connectivity index (χ4v) is 1.70. The third-order valence-electron chi connectivity index (χ3n) is 2.28. The minimum absolute atomic E-state index is 0. The molecule has 0 bridgehead atoms. The number of nitro groups is 1. The summed E-state index contributed by atoms with van der Waals surface area (Å²) in [5.74, 6) is -0.465. The molecule has 0 aliphatic carbocycles. The lowest BCUT2D eigenvalue weighted by Gasteiger charge is -2.12. The zero-order chi connectivity index (χ0) is 13.7. The van der Waals surface area contributed by atoms with Crippen LogP contribution in [0.2, 0.25) is 5.02 Å². The van der Waals surface area contributed by atoms with Crippen molar-refractivity contribution in [1.29, 1.82) is 0 Å². The molecule has 0 saturated heterocycles. The van der Waals surface area contributed by atoms with Gasteiger partial charge in [-0.25, -0.2) is 0 Å². The Labute approximate surface area is 121 Å². The summed E-state index contributed by atoms with van der Waals surface area (Å²) < 4.78 is 4.76. The van der Waals surface area contributed by atoms with E-state index in [-0.39, 0.29) is 36.1 Å². The number of hydrogen-bond acceptors (Lipinski definition) is 5. The number of carbonyl (C=O) groups excluding carboxylic acids is 1. The van der Waals surface area contributed by atoms with E-state index < -0.39 is 16.9 Å². The van der Waals surface area contributed by atoms with Gasteiger partial charge in [0.05, 0.1) is 18.0 Å². The highest BCUT2D eigenvalue weighted by Gasteiger charge is 2.18. The fraction of sp³-hybridized carbons (Fsp3) is 0.364. The summed E-state index contributed by atoms with van der Waals surface area (Å²) >= 11 is 5.90. The van der Waals surface area contributed by atoms with Crippen LogP contribution >= 0.6 is 24.0 Å². The van der Waals surface area contributed by atoms with E-state index in [0.717, 1.165) is 0 Å². The maximum absolute atomic E-state index is 11.3. The first-order valence-corrected chi connectivity index (χ1v) is 5.68. The molecule has 0 heterocycles. The van der Waals surface area contributed by atoms with Crippen molar-refractivity contribution in [2.24, 2.45) is 5.73 Å². The summed E-state index contributed by atoms with van der Waals surface area (Å²) in [5.41, 5.74) is 6.03. The summed E-state index contributed by atoms with van der Waals surface area (Å²) in [4.78, 5) is 21.4. The van der Waals surface area contributed by atoms with E-state index in [0.29, 0.717) is 5.56 Å². The van der Waals surface area contributed by atoms with Crippen LogP contribution in [0.25, 0.3) is 0 Å². The molecule has 0 aromatic heterocycles. The average Bonchev–Trinajstić information content (AvgIpc) is 2.29. The first-order valence-electron chi connectivity index (χ1n) is 5.30. The summed E-state index contributed by atoms with van der Waals surface area (Å²) in [5, 5.41) is 10.9. The van der Waals surface area contributed by atoms with Gasteiger partial charge >= 0.3 is 5.97 Å². The Bertz CT molecular complexity index is 468. The molecule has 8 heteroatoms. The van der Waals surface area contributed by atoms with E-state index in [1.807, 2.05) is 0 Å². The van der Waals surface area contributed by atoms with Gasteiger partial charge in [0.25, 0.3) is 5.69 Å². The number of nitro benzene ring substituents is 1. The van der Waals surface area contributed by atoms with Gasteiger partial charge in [-0.1, -0.05) is 11.6 Å². The number of halogens is 2. The second-order valence-corrected chi connectivity index (χ2v) is 3.99. The van der Waals surface area contributed by atoms with Crippen LogP contribution in [0.4, 0.5) is 5.69 Å². The third kappa shape index (κ3) is 5.02. The van der Waals surface area contributed by atoms with Crippen molar-refractivity contribution in [3.05, 3.63) is 38.9 Å². The average molecular weight is 309 g/mol. The highest BCUT2D eigenvalue weighted by Crippen LogP contribution is 2.27. The second-order valence-electron chi connectivity index (χ2n) is 3.58. The van der Waals surface area contributed by atoms with Gasteiger partial charge < -0.3 is 10.5 Å². The van der Waals surface area contributed by atoms with E-state index in [1.165, 1.54) is 18.2 Å². The summed E-state index contributed by atoms with van der Waals surface area (Å²) in [6.45, 7) is 1.94. The lowest BCUT2D eigenvalue weighted by atomic mass is 10.0. The summed E-state index contributed by atoms with van der Waals surface area (Å²) in [7, 11) is 0. The molecule has 0 aliphatic heterocycles. The highest BCUT2D eigenvalue weighted by molar-refractivity contribution is 6.31. The largest absolute Gasteiger partial charge is 0.466 e. The van der Waals surface area contributed by atoms with Gasteiger partial charge in [-0.05, 0) is 18.6 Å². The van der Waals surface area contributed by atoms with Gasteiger partial charge in [0.1, 0.15) is 0 Å². The molecule has 0 spiro atoms. The van der Waals surface area contributed by atoms with Crippen molar-refractivity contribution >= 4 is 35.7 Å². The quantitative estimate of drug-likeness (QED) is 0.512. The predicted octanol–water partition coefficient (Wildman–Crippen LogP) is 2.62. The van der Waals surface area contributed by atoms with Gasteiger partial charge in [-0.2, -0.15) is 0 Å². The normalized spacial score (nSPS) is 11.3. The number of carbonyl (C=O) groups is 1. The molecule has 6 nitrogen and oxygen atoms in total. The Balaban J connectivity index is 0.00000324. The molecule has 0 saturated carbocycles. The fourth-order valence-electron chi connectivity index (χ4n) is 1.44. The molecule has 2 N–H and O–H groups in total. The Morgan fingerprint density at radius 2 is 2.21 bits per heavy atom. The van der Waals surface area contributed by atoms with Gasteiger partial charge in [0.2, 0.25) is 0 Å². The van der Waals surface area contributed by atoms with Crippen LogP contribution in [0.15, 0.2) is 18.2 Å². The van der Waals surface area contributed by atoms with Crippen LogP contribution in [0, 0.1) is 10.1 Å². The smallest absolute Gasteiger partial charge is 0.307 e. The topological polar surface area (TPSA) is 95.5 Å². The molecule has 0 unspecified atom stereocenters. The van der Waals surface area contributed by atoms with Crippen LogP contribution in [0.5, 0.6) is 0 Å². The number of benzene rings is 1. The molecule has 1 rings (SSSR count). The molecule has 0 aliphatic rings. The monoisotopic (exact) mass is 308 g/mol. The minimum Gasteiger partial charge on any atom is -0.466 e. The molecule has 0 amide bonds. The number of ether oxygens (including phenoxy) is 1. The molecule has 1 atom stereocenters. The Hall–Kier alpha value is -1.37. The molecular weight excluding hydrogens is 295 g/mol. The second kappa shape index (κ2) is 7.93. The molecule has 0 fully saturated rings. The number of hydrogen-bond donors (Lipinski definition) is 1. The molecular formula is C11H14Cl2N2O4. The Morgan fingerprint density at radius 3 is 2.74 bits per heavy atom. The van der Waals surface area contributed by atoms with Crippen molar-refractivity contribution in [1.82, 2.24) is 0 Å². The zero-order valence-electron chi connectivity index (χ0n) is 10.2. The van der Waals surface area contributed by atoms with Crippen molar-refractivity contribution < 1.29 is 14.5 Å². The van der Waals surface area contributed by atoms with Crippen LogP contribution in [0.1, 0.15) is 24.9 Å². The van der Waals surface area contributed by atoms with Crippen LogP contribution < -0.4 is 5.73 Å². The Kier molecular flexibility index (Phi) is 7.36. The van der Waals surface area contributed by atoms with E-state index in [1.54, 1.807) is 6.92 Å². The van der Waals surface area contributed by atoms with Crippen molar-refractivity contribution in [3.63, 3.8) is 0 Å². The van der Waals surface area contributed by atoms with Crippen molar-refractivity contribution in [2.45, 2.75) is 19.4 Å². The van der Waals surface area contributed by atoms with Gasteiger partial charge in [-0.3, -0.25) is 14.9 Å². The number of nitrogens with two attached hydrogens (primary N) is 1. The van der Waals surface area contributed by atoms with Crippen LogP contribution in [-0.2, 0) is 9.53 Å². The molecule has 1 aromatic carbocycles. The SMILES string of the molecule is CCOC(=O)C[C@H](N)c1cc([N+](=O)[O-])ccc1Cl.Cl. The third-order valence-corrected chi connectivity index (χ3v) is 2.63. The zero-order valence-corrected chi connectivity index (χ0v) is 11.7. The summed E-state index contributed by atoms with van der Waals surface area (Å²) in [6, 6.07) is 3.21. The summed E-state index contributed by atoms with van der Waals surface area (Å²) in [6.07, 6.45) is -0.0747. The standard InChI is InChI=1S/C11H13ClN2O4.ClH/c1-2-18-11(15)6-10(13)8-5-7(14(16)17)3-4-9(8)12;/h3-5,10H,2,6,13H2,1H3;1H/t10-;/m0./s1. The lowest BCUT2D eigenvalue weighted by Crippen LogP contribution is -2.17. The van der Waals surface area contributed by atoms with Gasteiger partial charge in [-0.15, -0.1) is 12.4 Å². The van der Waals surface area contributed by atoms with E-state index >= 15 is 0 Å². The number of esters is 1. The lowest BCUT2D eigenvalue weighted by molar-refractivity contribution is -0.384. The predicted molar refractivity (Wildman–Crippen MR) is 73.5 cm³/mol. The first-order chi connectivity index (χ1) is 8.45. The Morgan fingerprint density at radius 1 is 1.58 bits per heavy atom. The highest BCUT2D eigenvalue weighted by atomic mass is 35.5. The molecule has 0 radical (unpaired) electrons. The van der Waals surface area contributed by atoms with Gasteiger partial charge in [0, 0.05) is 23.2 Å². The van der Waals surface area contributed by atoms with E-state index in [9.17, 15) is 14.9 Å². The number of non-ortho nitro benzene ring substituents is 1. The minimum atomic E-state index is -0.726. The molecule has 106 valence electrons. The number of rotatable bonds is 5. The van der Waals surface area contributed by atoms with Crippen molar-refractivity contribution in [2.75, 3.05) is 6.61 Å².